The van der Waals surface area contributed by atoms with Crippen molar-refractivity contribution in [3.8, 4) is 0 Å². The molecular formula is C14H23IN2. The molecule has 0 fully saturated rings. The lowest BCUT2D eigenvalue weighted by Crippen LogP contribution is -2.31. The number of benzene rings is 1. The largest absolute Gasteiger partial charge is 0.315 e. The first-order valence-electron chi connectivity index (χ1n) is 6.22. The van der Waals surface area contributed by atoms with Gasteiger partial charge in [-0.05, 0) is 53.7 Å². The maximum absolute atomic E-state index is 3.47. The van der Waals surface area contributed by atoms with Crippen molar-refractivity contribution in [2.75, 3.05) is 26.7 Å². The summed E-state index contributed by atoms with van der Waals surface area (Å²) in [6.45, 7) is 8.78. The van der Waals surface area contributed by atoms with Crippen LogP contribution >= 0.6 is 22.6 Å². The van der Waals surface area contributed by atoms with E-state index >= 15 is 0 Å². The second-order valence-electron chi connectivity index (χ2n) is 4.93. The van der Waals surface area contributed by atoms with E-state index in [2.05, 4.69) is 78.0 Å². The number of halogens is 1. The van der Waals surface area contributed by atoms with Gasteiger partial charge in [0.05, 0.1) is 0 Å². The maximum atomic E-state index is 3.47. The summed E-state index contributed by atoms with van der Waals surface area (Å²) in [4.78, 5) is 2.37. The molecule has 0 bridgehead atoms. The molecule has 1 aromatic carbocycles. The van der Waals surface area contributed by atoms with Crippen molar-refractivity contribution in [3.05, 3.63) is 33.4 Å². The third-order valence-electron chi connectivity index (χ3n) is 2.62. The lowest BCUT2D eigenvalue weighted by atomic mass is 10.2. The highest BCUT2D eigenvalue weighted by Gasteiger charge is 2.03. The van der Waals surface area contributed by atoms with Crippen molar-refractivity contribution >= 4 is 22.6 Å². The molecule has 0 unspecified atom stereocenters. The molecule has 3 heteroatoms. The maximum Gasteiger partial charge on any atom is 0.0241 e. The van der Waals surface area contributed by atoms with Crippen LogP contribution < -0.4 is 5.32 Å². The van der Waals surface area contributed by atoms with Crippen molar-refractivity contribution in [1.29, 1.82) is 0 Å². The summed E-state index contributed by atoms with van der Waals surface area (Å²) in [5, 5.41) is 3.47. The Labute approximate surface area is 119 Å². The number of nitrogens with one attached hydrogen (secondary N) is 1. The van der Waals surface area contributed by atoms with E-state index in [-0.39, 0.29) is 0 Å². The lowest BCUT2D eigenvalue weighted by molar-refractivity contribution is 0.321. The Balaban J connectivity index is 2.25. The summed E-state index contributed by atoms with van der Waals surface area (Å²) in [7, 11) is 2.18. The average Bonchev–Trinajstić information content (AvgIpc) is 2.27. The van der Waals surface area contributed by atoms with Gasteiger partial charge < -0.3 is 10.2 Å². The fourth-order valence-electron chi connectivity index (χ4n) is 1.66. The van der Waals surface area contributed by atoms with E-state index in [9.17, 15) is 0 Å². The zero-order valence-electron chi connectivity index (χ0n) is 11.0. The molecular weight excluding hydrogens is 323 g/mol. The van der Waals surface area contributed by atoms with Crippen LogP contribution in [0.15, 0.2) is 24.3 Å². The van der Waals surface area contributed by atoms with Crippen LogP contribution in [0.2, 0.25) is 0 Å². The van der Waals surface area contributed by atoms with E-state index in [4.69, 9.17) is 0 Å². The predicted octanol–water partition coefficient (Wildman–Crippen LogP) is 2.97. The van der Waals surface area contributed by atoms with Gasteiger partial charge in [-0.2, -0.15) is 0 Å². The van der Waals surface area contributed by atoms with Gasteiger partial charge in [-0.1, -0.05) is 32.0 Å². The topological polar surface area (TPSA) is 15.3 Å². The van der Waals surface area contributed by atoms with E-state index in [0.29, 0.717) is 0 Å². The fourth-order valence-corrected chi connectivity index (χ4v) is 2.22. The van der Waals surface area contributed by atoms with Crippen LogP contribution in [-0.2, 0) is 6.54 Å². The number of rotatable bonds is 7. The molecule has 17 heavy (non-hydrogen) atoms. The minimum absolute atomic E-state index is 0.732. The molecule has 1 aromatic rings. The zero-order valence-corrected chi connectivity index (χ0v) is 13.2. The van der Waals surface area contributed by atoms with E-state index < -0.39 is 0 Å². The highest BCUT2D eigenvalue weighted by molar-refractivity contribution is 14.1. The van der Waals surface area contributed by atoms with Gasteiger partial charge in [-0.25, -0.2) is 0 Å². The Bertz CT molecular complexity index is 326. The molecule has 2 nitrogen and oxygen atoms in total. The van der Waals surface area contributed by atoms with Crippen molar-refractivity contribution in [2.45, 2.75) is 20.4 Å². The Hall–Kier alpha value is -0.130. The fraction of sp³-hybridized carbons (Fsp3) is 0.571. The number of likely N-dealkylation sites (N-methyl/N-ethyl adjacent to an activating group) is 1. The average molecular weight is 346 g/mol. The van der Waals surface area contributed by atoms with Gasteiger partial charge in [-0.15, -0.1) is 0 Å². The molecule has 0 aliphatic rings. The van der Waals surface area contributed by atoms with Gasteiger partial charge in [0.1, 0.15) is 0 Å². The van der Waals surface area contributed by atoms with Crippen LogP contribution in [0.1, 0.15) is 19.4 Å². The van der Waals surface area contributed by atoms with E-state index in [1.54, 1.807) is 0 Å². The standard InChI is InChI=1S/C14H23IN2/c1-12(2)10-16-8-9-17(3)11-13-6-4-5-7-14(13)15/h4-7,12,16H,8-11H2,1-3H3. The molecule has 0 heterocycles. The highest BCUT2D eigenvalue weighted by Crippen LogP contribution is 2.12. The first-order valence-corrected chi connectivity index (χ1v) is 7.30. The second-order valence-corrected chi connectivity index (χ2v) is 6.09. The lowest BCUT2D eigenvalue weighted by Gasteiger charge is -2.18. The van der Waals surface area contributed by atoms with Crippen LogP contribution in [-0.4, -0.2) is 31.6 Å². The molecule has 1 N–H and O–H groups in total. The van der Waals surface area contributed by atoms with Crippen molar-refractivity contribution in [1.82, 2.24) is 10.2 Å². The molecule has 0 aromatic heterocycles. The quantitative estimate of drug-likeness (QED) is 0.603. The summed E-state index contributed by atoms with van der Waals surface area (Å²) in [6, 6.07) is 8.58. The van der Waals surface area contributed by atoms with Crippen LogP contribution in [0.5, 0.6) is 0 Å². The first kappa shape index (κ1) is 14.9. The minimum atomic E-state index is 0.732. The van der Waals surface area contributed by atoms with Gasteiger partial charge in [0.2, 0.25) is 0 Å². The Morgan fingerprint density at radius 2 is 2.00 bits per heavy atom. The summed E-state index contributed by atoms with van der Waals surface area (Å²) < 4.78 is 1.35. The van der Waals surface area contributed by atoms with E-state index in [1.165, 1.54) is 9.13 Å². The Kier molecular flexibility index (Phi) is 7.08. The van der Waals surface area contributed by atoms with Gasteiger partial charge in [0.25, 0.3) is 0 Å². The monoisotopic (exact) mass is 346 g/mol. The Morgan fingerprint density at radius 1 is 1.29 bits per heavy atom. The first-order chi connectivity index (χ1) is 8.09. The number of nitrogens with zero attached hydrogens (tertiary/aromatic N) is 1. The minimum Gasteiger partial charge on any atom is -0.315 e. The summed E-state index contributed by atoms with van der Waals surface area (Å²) in [5.74, 6) is 0.732. The molecule has 0 amide bonds. The molecule has 0 aliphatic heterocycles. The third kappa shape index (κ3) is 6.38. The second kappa shape index (κ2) is 8.06. The molecule has 0 saturated carbocycles. The van der Waals surface area contributed by atoms with Crippen molar-refractivity contribution in [2.24, 2.45) is 5.92 Å². The van der Waals surface area contributed by atoms with Crippen molar-refractivity contribution < 1.29 is 0 Å². The number of hydrogen-bond acceptors (Lipinski definition) is 2. The molecule has 0 saturated heterocycles. The summed E-state index contributed by atoms with van der Waals surface area (Å²) in [5.41, 5.74) is 1.42. The van der Waals surface area contributed by atoms with Crippen LogP contribution in [0.3, 0.4) is 0 Å². The van der Waals surface area contributed by atoms with E-state index in [0.717, 1.165) is 32.1 Å². The molecule has 96 valence electrons. The molecule has 0 radical (unpaired) electrons. The SMILES string of the molecule is CC(C)CNCCN(C)Cc1ccccc1I. The number of hydrogen-bond donors (Lipinski definition) is 1. The zero-order chi connectivity index (χ0) is 12.7. The van der Waals surface area contributed by atoms with Gasteiger partial charge in [-0.3, -0.25) is 0 Å². The van der Waals surface area contributed by atoms with Gasteiger partial charge >= 0.3 is 0 Å². The Morgan fingerprint density at radius 3 is 2.65 bits per heavy atom. The third-order valence-corrected chi connectivity index (χ3v) is 3.67. The van der Waals surface area contributed by atoms with Gasteiger partial charge in [0, 0.05) is 23.2 Å². The van der Waals surface area contributed by atoms with Crippen molar-refractivity contribution in [3.63, 3.8) is 0 Å². The summed E-state index contributed by atoms with van der Waals surface area (Å²) >= 11 is 2.41. The molecule has 0 aliphatic carbocycles. The van der Waals surface area contributed by atoms with E-state index in [1.807, 2.05) is 0 Å². The smallest absolute Gasteiger partial charge is 0.0241 e. The summed E-state index contributed by atoms with van der Waals surface area (Å²) in [6.07, 6.45) is 0. The van der Waals surface area contributed by atoms with Crippen LogP contribution in [0.4, 0.5) is 0 Å². The van der Waals surface area contributed by atoms with Crippen LogP contribution in [0.25, 0.3) is 0 Å². The normalized spacial score (nSPS) is 11.4. The molecule has 1 rings (SSSR count). The molecule has 0 atom stereocenters. The molecule has 0 spiro atoms. The van der Waals surface area contributed by atoms with Crippen LogP contribution in [0, 0.1) is 9.49 Å². The highest BCUT2D eigenvalue weighted by atomic mass is 127. The predicted molar refractivity (Wildman–Crippen MR) is 83.2 cm³/mol. The van der Waals surface area contributed by atoms with Gasteiger partial charge in [0.15, 0.2) is 0 Å².